The van der Waals surface area contributed by atoms with E-state index in [2.05, 4.69) is 17.3 Å². The smallest absolute Gasteiger partial charge is 0.0890 e. The summed E-state index contributed by atoms with van der Waals surface area (Å²) in [7, 11) is 0. The fourth-order valence-corrected chi connectivity index (χ4v) is 3.24. The quantitative estimate of drug-likeness (QED) is 0.567. The Hall–Kier alpha value is -1.17. The first-order valence-electron chi connectivity index (χ1n) is 7.42. The van der Waals surface area contributed by atoms with Crippen molar-refractivity contribution in [1.82, 2.24) is 10.4 Å². The summed E-state index contributed by atoms with van der Waals surface area (Å²) in [5, 5.41) is 0. The van der Waals surface area contributed by atoms with Gasteiger partial charge in [-0.3, -0.25) is 10.8 Å². The Morgan fingerprint density at radius 1 is 1.50 bits per heavy atom. The normalized spacial score (nSPS) is 28.2. The molecular formula is C15H26N4O. The maximum Gasteiger partial charge on any atom is 0.0890 e. The standard InChI is InChI=1S/C15H26N4O/c1-3-20-15(7-4-11(2)5-8-15)14(19-17)12-10-18-9-6-13(12)16/h6,9-11,14,19H,3-5,7-8,17H2,1-2H3,(H2,16,18). The van der Waals surface area contributed by atoms with Crippen molar-refractivity contribution in [3.05, 3.63) is 24.0 Å². The highest BCUT2D eigenvalue weighted by molar-refractivity contribution is 5.47. The highest BCUT2D eigenvalue weighted by atomic mass is 16.5. The van der Waals surface area contributed by atoms with Crippen LogP contribution in [0.25, 0.3) is 0 Å². The first kappa shape index (κ1) is 15.2. The van der Waals surface area contributed by atoms with E-state index >= 15 is 0 Å². The predicted octanol–water partition coefficient (Wildman–Crippen LogP) is 2.15. The number of anilines is 1. The third-order valence-corrected chi connectivity index (χ3v) is 4.44. The molecule has 2 rings (SSSR count). The van der Waals surface area contributed by atoms with Gasteiger partial charge in [-0.1, -0.05) is 6.92 Å². The van der Waals surface area contributed by atoms with E-state index in [9.17, 15) is 0 Å². The number of hydrazine groups is 1. The second-order valence-corrected chi connectivity index (χ2v) is 5.78. The topological polar surface area (TPSA) is 86.2 Å². The Morgan fingerprint density at radius 3 is 2.75 bits per heavy atom. The molecule has 0 aromatic carbocycles. The average Bonchev–Trinajstić information content (AvgIpc) is 2.45. The minimum atomic E-state index is -0.285. The maximum atomic E-state index is 6.16. The summed E-state index contributed by atoms with van der Waals surface area (Å²) < 4.78 is 6.16. The van der Waals surface area contributed by atoms with Gasteiger partial charge in [0.1, 0.15) is 0 Å². The largest absolute Gasteiger partial charge is 0.398 e. The van der Waals surface area contributed by atoms with Crippen LogP contribution in [0.2, 0.25) is 0 Å². The molecule has 0 bridgehead atoms. The lowest BCUT2D eigenvalue weighted by Gasteiger charge is -2.44. The zero-order valence-electron chi connectivity index (χ0n) is 12.4. The second-order valence-electron chi connectivity index (χ2n) is 5.78. The van der Waals surface area contributed by atoms with Crippen LogP contribution in [0.1, 0.15) is 51.1 Å². The van der Waals surface area contributed by atoms with Gasteiger partial charge >= 0.3 is 0 Å². The van der Waals surface area contributed by atoms with Gasteiger partial charge in [0.15, 0.2) is 0 Å². The van der Waals surface area contributed by atoms with E-state index in [-0.39, 0.29) is 11.6 Å². The fraction of sp³-hybridized carbons (Fsp3) is 0.667. The number of nitrogens with two attached hydrogens (primary N) is 2. The lowest BCUT2D eigenvalue weighted by molar-refractivity contribution is -0.0976. The van der Waals surface area contributed by atoms with Gasteiger partial charge in [-0.05, 0) is 44.6 Å². The number of rotatable bonds is 5. The molecule has 1 unspecified atom stereocenters. The third kappa shape index (κ3) is 2.95. The van der Waals surface area contributed by atoms with Gasteiger partial charge in [0.05, 0.1) is 11.6 Å². The van der Waals surface area contributed by atoms with Crippen LogP contribution in [0.4, 0.5) is 5.69 Å². The molecule has 20 heavy (non-hydrogen) atoms. The molecule has 0 saturated heterocycles. The van der Waals surface area contributed by atoms with Gasteiger partial charge in [0.25, 0.3) is 0 Å². The highest BCUT2D eigenvalue weighted by Crippen LogP contribution is 2.43. The average molecular weight is 278 g/mol. The van der Waals surface area contributed by atoms with Crippen LogP contribution in [0.3, 0.4) is 0 Å². The lowest BCUT2D eigenvalue weighted by Crippen LogP contribution is -2.50. The first-order chi connectivity index (χ1) is 9.63. The van der Waals surface area contributed by atoms with E-state index in [4.69, 9.17) is 16.3 Å². The number of aromatic nitrogens is 1. The van der Waals surface area contributed by atoms with Crippen LogP contribution < -0.4 is 17.0 Å². The molecule has 1 atom stereocenters. The summed E-state index contributed by atoms with van der Waals surface area (Å²) in [4.78, 5) is 4.18. The van der Waals surface area contributed by atoms with Gasteiger partial charge in [0.2, 0.25) is 0 Å². The van der Waals surface area contributed by atoms with E-state index < -0.39 is 0 Å². The highest BCUT2D eigenvalue weighted by Gasteiger charge is 2.43. The number of nitrogens with zero attached hydrogens (tertiary/aromatic N) is 1. The van der Waals surface area contributed by atoms with Gasteiger partial charge in [-0.2, -0.15) is 0 Å². The van der Waals surface area contributed by atoms with E-state index in [0.717, 1.165) is 37.2 Å². The van der Waals surface area contributed by atoms with Crippen molar-refractivity contribution >= 4 is 5.69 Å². The molecule has 0 aliphatic heterocycles. The van der Waals surface area contributed by atoms with Crippen LogP contribution in [-0.2, 0) is 4.74 Å². The SMILES string of the molecule is CCOC1(C(NN)c2cnccc2N)CCC(C)CC1. The van der Waals surface area contributed by atoms with Gasteiger partial charge in [0, 0.05) is 30.3 Å². The van der Waals surface area contributed by atoms with E-state index in [1.165, 1.54) is 0 Å². The zero-order chi connectivity index (χ0) is 14.6. The first-order valence-corrected chi connectivity index (χ1v) is 7.42. The van der Waals surface area contributed by atoms with Crippen LogP contribution in [0, 0.1) is 5.92 Å². The van der Waals surface area contributed by atoms with Crippen molar-refractivity contribution in [3.8, 4) is 0 Å². The third-order valence-electron chi connectivity index (χ3n) is 4.44. The molecule has 5 nitrogen and oxygen atoms in total. The van der Waals surface area contributed by atoms with Crippen LogP contribution in [0.5, 0.6) is 0 Å². The number of pyridine rings is 1. The van der Waals surface area contributed by atoms with Crippen LogP contribution >= 0.6 is 0 Å². The minimum Gasteiger partial charge on any atom is -0.398 e. The molecule has 5 N–H and O–H groups in total. The summed E-state index contributed by atoms with van der Waals surface area (Å²) in [6.07, 6.45) is 7.77. The molecule has 5 heteroatoms. The monoisotopic (exact) mass is 278 g/mol. The fourth-order valence-electron chi connectivity index (χ4n) is 3.24. The minimum absolute atomic E-state index is 0.122. The number of nitrogen functional groups attached to an aromatic ring is 1. The Bertz CT molecular complexity index is 430. The molecular weight excluding hydrogens is 252 g/mol. The Morgan fingerprint density at radius 2 is 2.20 bits per heavy atom. The summed E-state index contributed by atoms with van der Waals surface area (Å²) in [5.41, 5.74) is 10.4. The molecule has 1 aliphatic rings. The van der Waals surface area contributed by atoms with Crippen LogP contribution in [0.15, 0.2) is 18.5 Å². The van der Waals surface area contributed by atoms with Crippen molar-refractivity contribution in [2.75, 3.05) is 12.3 Å². The van der Waals surface area contributed by atoms with Gasteiger partial charge in [-0.15, -0.1) is 0 Å². The summed E-state index contributed by atoms with van der Waals surface area (Å²) in [6, 6.07) is 1.69. The molecule has 0 spiro atoms. The summed E-state index contributed by atoms with van der Waals surface area (Å²) >= 11 is 0. The number of nitrogens with one attached hydrogen (secondary N) is 1. The molecule has 0 radical (unpaired) electrons. The molecule has 112 valence electrons. The van der Waals surface area contributed by atoms with E-state index in [1.54, 1.807) is 12.4 Å². The Kier molecular flexibility index (Phi) is 4.96. The van der Waals surface area contributed by atoms with Crippen LogP contribution in [-0.4, -0.2) is 17.2 Å². The molecule has 1 heterocycles. The van der Waals surface area contributed by atoms with Crippen molar-refractivity contribution in [1.29, 1.82) is 0 Å². The number of ether oxygens (including phenoxy) is 1. The zero-order valence-corrected chi connectivity index (χ0v) is 12.4. The van der Waals surface area contributed by atoms with Crippen molar-refractivity contribution < 1.29 is 4.74 Å². The molecule has 1 saturated carbocycles. The summed E-state index contributed by atoms with van der Waals surface area (Å²) in [6.45, 7) is 4.99. The number of hydrogen-bond donors (Lipinski definition) is 3. The molecule has 1 aromatic rings. The van der Waals surface area contributed by atoms with Gasteiger partial charge in [-0.25, -0.2) is 5.43 Å². The van der Waals surface area contributed by atoms with Gasteiger partial charge < -0.3 is 10.5 Å². The van der Waals surface area contributed by atoms with E-state index in [0.29, 0.717) is 12.3 Å². The van der Waals surface area contributed by atoms with Crippen molar-refractivity contribution in [2.45, 2.75) is 51.2 Å². The van der Waals surface area contributed by atoms with Crippen molar-refractivity contribution in [2.24, 2.45) is 11.8 Å². The van der Waals surface area contributed by atoms with E-state index in [1.807, 2.05) is 13.0 Å². The number of hydrogen-bond acceptors (Lipinski definition) is 5. The molecule has 1 fully saturated rings. The maximum absolute atomic E-state index is 6.16. The summed E-state index contributed by atoms with van der Waals surface area (Å²) in [5.74, 6) is 6.59. The second kappa shape index (κ2) is 6.52. The predicted molar refractivity (Wildman–Crippen MR) is 80.7 cm³/mol. The Balaban J connectivity index is 2.33. The van der Waals surface area contributed by atoms with Crippen molar-refractivity contribution in [3.63, 3.8) is 0 Å². The molecule has 1 aromatic heterocycles. The molecule has 1 aliphatic carbocycles. The lowest BCUT2D eigenvalue weighted by atomic mass is 9.73. The molecule has 0 amide bonds. The Labute approximate surface area is 121 Å².